The molecule has 1 aromatic carbocycles. The van der Waals surface area contributed by atoms with Crippen LogP contribution in [0.2, 0.25) is 0 Å². The first-order valence-corrected chi connectivity index (χ1v) is 7.58. The molecule has 0 aromatic heterocycles. The van der Waals surface area contributed by atoms with Crippen molar-refractivity contribution in [2.75, 3.05) is 0 Å². The van der Waals surface area contributed by atoms with Crippen molar-refractivity contribution in [3.8, 4) is 0 Å². The van der Waals surface area contributed by atoms with E-state index in [1.807, 2.05) is 25.1 Å². The highest BCUT2D eigenvalue weighted by atomic mass is 35.7. The van der Waals surface area contributed by atoms with Crippen molar-refractivity contribution in [2.24, 2.45) is 0 Å². The summed E-state index contributed by atoms with van der Waals surface area (Å²) >= 11 is -2.21. The second kappa shape index (κ2) is 4.30. The molecular formula is C8H7AlCl2O. The number of rotatable bonds is 2. The molecule has 1 nitrogen and oxygen atoms in total. The van der Waals surface area contributed by atoms with Gasteiger partial charge >= 0.3 is 12.3 Å². The zero-order chi connectivity index (χ0) is 9.14. The minimum atomic E-state index is -2.21. The summed E-state index contributed by atoms with van der Waals surface area (Å²) in [4.78, 5) is 11.4. The minimum Gasteiger partial charge on any atom is -0.311 e. The number of benzene rings is 1. The number of halogens is 2. The lowest BCUT2D eigenvalue weighted by Gasteiger charge is -2.01. The van der Waals surface area contributed by atoms with Crippen LogP contribution in [0, 0.1) is 6.92 Å². The highest BCUT2D eigenvalue weighted by Gasteiger charge is 2.25. The number of hydrogen-bond donors (Lipinski definition) is 0. The van der Waals surface area contributed by atoms with Gasteiger partial charge in [-0.25, -0.2) is 20.1 Å². The van der Waals surface area contributed by atoms with Gasteiger partial charge in [-0.15, -0.1) is 0 Å². The summed E-state index contributed by atoms with van der Waals surface area (Å²) < 4.78 is -0.101. The first-order valence-electron chi connectivity index (χ1n) is 3.51. The third-order valence-corrected chi connectivity index (χ3v) is 3.51. The predicted octanol–water partition coefficient (Wildman–Crippen LogP) is 2.68. The Morgan fingerprint density at radius 2 is 1.92 bits per heavy atom. The lowest BCUT2D eigenvalue weighted by Crippen LogP contribution is -2.14. The zero-order valence-corrected chi connectivity index (χ0v) is 9.22. The van der Waals surface area contributed by atoms with E-state index in [1.165, 1.54) is 0 Å². The molecule has 0 radical (unpaired) electrons. The van der Waals surface area contributed by atoms with E-state index in [0.29, 0.717) is 5.56 Å². The number of aryl methyl sites for hydroxylation is 1. The van der Waals surface area contributed by atoms with Gasteiger partial charge in [-0.3, -0.25) is 0 Å². The summed E-state index contributed by atoms with van der Waals surface area (Å²) in [5.41, 5.74) is 1.58. The van der Waals surface area contributed by atoms with Crippen molar-refractivity contribution in [3.05, 3.63) is 35.4 Å². The maximum atomic E-state index is 11.4. The van der Waals surface area contributed by atoms with Crippen LogP contribution < -0.4 is 0 Å². The van der Waals surface area contributed by atoms with Gasteiger partial charge in [0.15, 0.2) is 0 Å². The molecule has 0 N–H and O–H groups in total. The van der Waals surface area contributed by atoms with Crippen LogP contribution in [-0.2, 0) is 0 Å². The van der Waals surface area contributed by atoms with E-state index < -0.39 is 12.3 Å². The lowest BCUT2D eigenvalue weighted by molar-refractivity contribution is 0.107. The third-order valence-electron chi connectivity index (χ3n) is 1.61. The van der Waals surface area contributed by atoms with Gasteiger partial charge in [0.25, 0.3) is 0 Å². The van der Waals surface area contributed by atoms with Crippen molar-refractivity contribution >= 4 is 37.0 Å². The fourth-order valence-electron chi connectivity index (χ4n) is 0.967. The molecule has 0 saturated heterocycles. The Morgan fingerprint density at radius 3 is 2.42 bits per heavy atom. The molecule has 0 atom stereocenters. The van der Waals surface area contributed by atoms with Crippen LogP contribution >= 0.6 is 20.1 Å². The van der Waals surface area contributed by atoms with E-state index in [-0.39, 0.29) is 4.65 Å². The van der Waals surface area contributed by atoms with Crippen molar-refractivity contribution in [3.63, 3.8) is 0 Å². The molecular weight excluding hydrogens is 210 g/mol. The summed E-state index contributed by atoms with van der Waals surface area (Å²) in [6.45, 7) is 1.87. The fraction of sp³-hybridized carbons (Fsp3) is 0.125. The molecule has 0 aliphatic carbocycles. The Bertz CT molecular complexity index is 299. The van der Waals surface area contributed by atoms with Gasteiger partial charge in [-0.2, -0.15) is 0 Å². The minimum absolute atomic E-state index is 0.101. The Hall–Kier alpha value is 0.00247. The van der Waals surface area contributed by atoms with Gasteiger partial charge in [0, 0.05) is 5.56 Å². The molecule has 1 rings (SSSR count). The van der Waals surface area contributed by atoms with Gasteiger partial charge in [0.1, 0.15) is 4.65 Å². The molecule has 0 heterocycles. The molecule has 0 amide bonds. The van der Waals surface area contributed by atoms with E-state index in [9.17, 15) is 4.79 Å². The van der Waals surface area contributed by atoms with Crippen LogP contribution in [0.5, 0.6) is 0 Å². The van der Waals surface area contributed by atoms with Crippen LogP contribution in [0.1, 0.15) is 15.9 Å². The normalized spacial score (nSPS) is 9.58. The number of carbonyl (C=O) groups excluding carboxylic acids is 1. The molecule has 0 saturated carbocycles. The highest BCUT2D eigenvalue weighted by Crippen LogP contribution is 2.12. The Labute approximate surface area is 84.1 Å². The van der Waals surface area contributed by atoms with E-state index in [1.54, 1.807) is 6.07 Å². The summed E-state index contributed by atoms with van der Waals surface area (Å²) in [5, 5.41) is 0. The Balaban J connectivity index is 3.03. The maximum Gasteiger partial charge on any atom is 0.609 e. The van der Waals surface area contributed by atoms with E-state index >= 15 is 0 Å². The quantitative estimate of drug-likeness (QED) is 0.696. The molecule has 0 aliphatic rings. The maximum absolute atomic E-state index is 11.4. The Morgan fingerprint density at radius 1 is 1.33 bits per heavy atom. The van der Waals surface area contributed by atoms with Crippen molar-refractivity contribution in [1.29, 1.82) is 0 Å². The molecule has 0 aliphatic heterocycles. The van der Waals surface area contributed by atoms with Gasteiger partial charge in [0.05, 0.1) is 0 Å². The van der Waals surface area contributed by atoms with E-state index in [2.05, 4.69) is 0 Å². The van der Waals surface area contributed by atoms with Crippen molar-refractivity contribution < 1.29 is 4.79 Å². The third kappa shape index (κ3) is 2.24. The monoisotopic (exact) mass is 216 g/mol. The zero-order valence-electron chi connectivity index (χ0n) is 6.55. The van der Waals surface area contributed by atoms with Crippen LogP contribution in [0.3, 0.4) is 0 Å². The average molecular weight is 217 g/mol. The van der Waals surface area contributed by atoms with Crippen LogP contribution in [0.15, 0.2) is 24.3 Å². The smallest absolute Gasteiger partial charge is 0.311 e. The molecule has 0 fully saturated rings. The molecule has 4 heteroatoms. The lowest BCUT2D eigenvalue weighted by atomic mass is 10.1. The standard InChI is InChI=1S/C8H7O.Al.2ClH/c1-7-4-2-3-5-8(7)6-9;;;/h2-5H,1H3;;2*1H/q;+2;;/p-2. The predicted molar refractivity (Wildman–Crippen MR) is 53.0 cm³/mol. The van der Waals surface area contributed by atoms with Gasteiger partial charge < -0.3 is 4.79 Å². The van der Waals surface area contributed by atoms with Crippen LogP contribution in [-0.4, -0.2) is 17.0 Å². The van der Waals surface area contributed by atoms with Crippen LogP contribution in [0.4, 0.5) is 0 Å². The first-order chi connectivity index (χ1) is 5.63. The molecule has 0 unspecified atom stereocenters. The largest absolute Gasteiger partial charge is 0.609 e. The Kier molecular flexibility index (Phi) is 3.61. The summed E-state index contributed by atoms with van der Waals surface area (Å²) in [7, 11) is 11.2. The van der Waals surface area contributed by atoms with Gasteiger partial charge in [0.2, 0.25) is 0 Å². The highest BCUT2D eigenvalue weighted by molar-refractivity contribution is 7.47. The topological polar surface area (TPSA) is 17.1 Å². The summed E-state index contributed by atoms with van der Waals surface area (Å²) in [6.07, 6.45) is 0. The SMILES string of the molecule is Cc1ccccc1[C](=O)[Al]([Cl])[Cl]. The molecule has 62 valence electrons. The number of hydrogen-bond acceptors (Lipinski definition) is 1. The van der Waals surface area contributed by atoms with Crippen LogP contribution in [0.25, 0.3) is 0 Å². The molecule has 1 aromatic rings. The average Bonchev–Trinajstić information content (AvgIpc) is 2.04. The second-order valence-electron chi connectivity index (χ2n) is 2.48. The molecule has 0 spiro atoms. The van der Waals surface area contributed by atoms with Crippen molar-refractivity contribution in [1.82, 2.24) is 0 Å². The fourth-order valence-corrected chi connectivity index (χ4v) is 2.23. The molecule has 12 heavy (non-hydrogen) atoms. The first kappa shape index (κ1) is 10.1. The van der Waals surface area contributed by atoms with E-state index in [4.69, 9.17) is 20.1 Å². The number of carbonyl (C=O) groups is 1. The molecule has 0 bridgehead atoms. The van der Waals surface area contributed by atoms with Crippen molar-refractivity contribution in [2.45, 2.75) is 6.92 Å². The summed E-state index contributed by atoms with van der Waals surface area (Å²) in [6, 6.07) is 7.32. The second-order valence-corrected chi connectivity index (χ2v) is 6.89. The van der Waals surface area contributed by atoms with E-state index in [0.717, 1.165) is 5.56 Å². The van der Waals surface area contributed by atoms with Gasteiger partial charge in [-0.05, 0) is 12.5 Å². The van der Waals surface area contributed by atoms with Gasteiger partial charge in [-0.1, -0.05) is 24.3 Å². The summed E-state index contributed by atoms with van der Waals surface area (Å²) in [5.74, 6) is 0.